The normalized spacial score (nSPS) is 13.9. The highest BCUT2D eigenvalue weighted by Gasteiger charge is 2.36. The Morgan fingerprint density at radius 3 is 2.69 bits per heavy atom. The van der Waals surface area contributed by atoms with Crippen LogP contribution in [0.4, 0.5) is 25.0 Å². The molecule has 0 spiro atoms. The van der Waals surface area contributed by atoms with Gasteiger partial charge in [-0.25, -0.2) is 18.6 Å². The SMILES string of the molecule is CCCc1cc(OC)c(F)c(N2Cc3cnc4[nH]ncc4c3N(CC)C2=O)c1F. The molecule has 2 amide bonds. The second kappa shape index (κ2) is 7.31. The molecule has 3 aromatic rings. The molecule has 7 nitrogen and oxygen atoms in total. The van der Waals surface area contributed by atoms with Crippen LogP contribution in [0.1, 0.15) is 31.4 Å². The van der Waals surface area contributed by atoms with E-state index in [1.807, 2.05) is 6.92 Å². The molecule has 1 N–H and O–H groups in total. The van der Waals surface area contributed by atoms with Crippen LogP contribution in [0.5, 0.6) is 5.75 Å². The highest BCUT2D eigenvalue weighted by Crippen LogP contribution is 2.40. The van der Waals surface area contributed by atoms with Crippen molar-refractivity contribution in [2.75, 3.05) is 23.5 Å². The third-order valence-electron chi connectivity index (χ3n) is 5.13. The number of nitrogens with one attached hydrogen (secondary N) is 1. The number of aromatic nitrogens is 3. The summed E-state index contributed by atoms with van der Waals surface area (Å²) in [6.07, 6.45) is 4.27. The number of fused-ring (bicyclic) bond motifs is 3. The number of urea groups is 1. The summed E-state index contributed by atoms with van der Waals surface area (Å²) in [5, 5.41) is 7.46. The van der Waals surface area contributed by atoms with Crippen LogP contribution in [0.2, 0.25) is 0 Å². The largest absolute Gasteiger partial charge is 0.494 e. The molecular weight excluding hydrogens is 380 g/mol. The minimum absolute atomic E-state index is 0.00857. The van der Waals surface area contributed by atoms with Crippen LogP contribution in [0.15, 0.2) is 18.5 Å². The smallest absolute Gasteiger partial charge is 0.329 e. The predicted octanol–water partition coefficient (Wildman–Crippen LogP) is 4.16. The number of carbonyl (C=O) groups excluding carboxylic acids is 1. The van der Waals surface area contributed by atoms with Crippen LogP contribution < -0.4 is 14.5 Å². The molecule has 1 aliphatic rings. The van der Waals surface area contributed by atoms with Crippen molar-refractivity contribution in [2.24, 2.45) is 0 Å². The van der Waals surface area contributed by atoms with Gasteiger partial charge in [0.05, 0.1) is 30.9 Å². The summed E-state index contributed by atoms with van der Waals surface area (Å²) in [7, 11) is 1.32. The Morgan fingerprint density at radius 2 is 2.00 bits per heavy atom. The first-order valence-electron chi connectivity index (χ1n) is 9.46. The molecule has 4 rings (SSSR count). The first-order valence-corrected chi connectivity index (χ1v) is 9.46. The number of pyridine rings is 1. The van der Waals surface area contributed by atoms with Gasteiger partial charge in [0.15, 0.2) is 23.0 Å². The summed E-state index contributed by atoms with van der Waals surface area (Å²) >= 11 is 0. The fourth-order valence-electron chi connectivity index (χ4n) is 3.80. The highest BCUT2D eigenvalue weighted by atomic mass is 19.1. The van der Waals surface area contributed by atoms with Gasteiger partial charge in [-0.15, -0.1) is 0 Å². The average molecular weight is 401 g/mol. The molecule has 0 saturated carbocycles. The number of nitrogens with zero attached hydrogens (tertiary/aromatic N) is 4. The number of methoxy groups -OCH3 is 1. The van der Waals surface area contributed by atoms with E-state index >= 15 is 8.78 Å². The van der Waals surface area contributed by atoms with Gasteiger partial charge < -0.3 is 4.74 Å². The minimum Gasteiger partial charge on any atom is -0.494 e. The predicted molar refractivity (Wildman–Crippen MR) is 105 cm³/mol. The number of carbonyl (C=O) groups is 1. The second-order valence-electron chi connectivity index (χ2n) is 6.84. The number of ether oxygens (including phenoxy) is 1. The number of anilines is 2. The number of hydrogen-bond donors (Lipinski definition) is 1. The molecule has 9 heteroatoms. The number of hydrogen-bond acceptors (Lipinski definition) is 4. The van der Waals surface area contributed by atoms with Crippen LogP contribution in [0, 0.1) is 11.6 Å². The molecule has 1 aliphatic heterocycles. The number of halogens is 2. The highest BCUT2D eigenvalue weighted by molar-refractivity contribution is 6.11. The Bertz CT molecular complexity index is 1100. The number of amides is 2. The Labute approximate surface area is 166 Å². The molecule has 3 heterocycles. The zero-order chi connectivity index (χ0) is 20.7. The van der Waals surface area contributed by atoms with Gasteiger partial charge in [-0.3, -0.25) is 14.9 Å². The van der Waals surface area contributed by atoms with Crippen LogP contribution in [0.25, 0.3) is 11.0 Å². The van der Waals surface area contributed by atoms with Gasteiger partial charge in [0.1, 0.15) is 5.69 Å². The summed E-state index contributed by atoms with van der Waals surface area (Å²) < 4.78 is 35.5. The van der Waals surface area contributed by atoms with Gasteiger partial charge in [-0.1, -0.05) is 13.3 Å². The van der Waals surface area contributed by atoms with Gasteiger partial charge in [-0.05, 0) is 25.0 Å². The van der Waals surface area contributed by atoms with Crippen molar-refractivity contribution < 1.29 is 18.3 Å². The molecule has 152 valence electrons. The van der Waals surface area contributed by atoms with Gasteiger partial charge in [0, 0.05) is 18.3 Å². The first kappa shape index (κ1) is 19.1. The Kier molecular flexibility index (Phi) is 4.81. The monoisotopic (exact) mass is 401 g/mol. The molecule has 0 atom stereocenters. The molecule has 0 bridgehead atoms. The maximum absolute atomic E-state index is 15.3. The van der Waals surface area contributed by atoms with Gasteiger partial charge in [0.2, 0.25) is 0 Å². The van der Waals surface area contributed by atoms with Gasteiger partial charge in [0.25, 0.3) is 0 Å². The summed E-state index contributed by atoms with van der Waals surface area (Å²) in [5.74, 6) is -1.72. The lowest BCUT2D eigenvalue weighted by molar-refractivity contribution is 0.250. The molecular formula is C20H21F2N5O2. The second-order valence-corrected chi connectivity index (χ2v) is 6.84. The van der Waals surface area contributed by atoms with Crippen molar-refractivity contribution in [3.05, 3.63) is 41.2 Å². The van der Waals surface area contributed by atoms with Crippen molar-refractivity contribution in [2.45, 2.75) is 33.2 Å². The van der Waals surface area contributed by atoms with E-state index in [4.69, 9.17) is 4.74 Å². The van der Waals surface area contributed by atoms with Crippen molar-refractivity contribution in [3.63, 3.8) is 0 Å². The van der Waals surface area contributed by atoms with E-state index in [2.05, 4.69) is 15.2 Å². The third-order valence-corrected chi connectivity index (χ3v) is 5.13. The fourth-order valence-corrected chi connectivity index (χ4v) is 3.80. The van der Waals surface area contributed by atoms with E-state index in [1.165, 1.54) is 18.1 Å². The molecule has 0 fully saturated rings. The number of aromatic amines is 1. The first-order chi connectivity index (χ1) is 14.0. The summed E-state index contributed by atoms with van der Waals surface area (Å²) in [5.41, 5.74) is 1.80. The number of benzene rings is 1. The lowest BCUT2D eigenvalue weighted by atomic mass is 10.0. The van der Waals surface area contributed by atoms with Gasteiger partial charge in [-0.2, -0.15) is 5.10 Å². The standard InChI is InChI=1S/C20H21F2N5O2/c1-4-6-11-7-14(29-3)16(22)18(15(11)21)27-10-12-8-23-19-13(9-24-25-19)17(12)26(5-2)20(27)28/h7-9H,4-6,10H2,1-3H3,(H,23,24,25). The van der Waals surface area contributed by atoms with Crippen LogP contribution in [-0.4, -0.2) is 34.9 Å². The van der Waals surface area contributed by atoms with Gasteiger partial charge >= 0.3 is 6.03 Å². The van der Waals surface area contributed by atoms with Crippen LogP contribution in [0.3, 0.4) is 0 Å². The molecule has 0 saturated heterocycles. The molecule has 0 radical (unpaired) electrons. The van der Waals surface area contributed by atoms with E-state index < -0.39 is 23.4 Å². The van der Waals surface area contributed by atoms with E-state index in [0.29, 0.717) is 47.2 Å². The van der Waals surface area contributed by atoms with Crippen LogP contribution >= 0.6 is 0 Å². The van der Waals surface area contributed by atoms with Crippen molar-refractivity contribution in [3.8, 4) is 5.75 Å². The van der Waals surface area contributed by atoms with Crippen LogP contribution in [-0.2, 0) is 13.0 Å². The molecule has 0 unspecified atom stereocenters. The van der Waals surface area contributed by atoms with E-state index in [1.54, 1.807) is 19.3 Å². The Morgan fingerprint density at radius 1 is 1.21 bits per heavy atom. The lowest BCUT2D eigenvalue weighted by Crippen LogP contribution is -2.48. The number of H-pyrrole nitrogens is 1. The fraction of sp³-hybridized carbons (Fsp3) is 0.350. The number of rotatable bonds is 5. The maximum atomic E-state index is 15.3. The molecule has 2 aromatic heterocycles. The lowest BCUT2D eigenvalue weighted by Gasteiger charge is -2.37. The maximum Gasteiger partial charge on any atom is 0.329 e. The minimum atomic E-state index is -0.893. The quantitative estimate of drug-likeness (QED) is 0.697. The number of aryl methyl sites for hydroxylation is 1. The summed E-state index contributed by atoms with van der Waals surface area (Å²) in [4.78, 5) is 20.2. The van der Waals surface area contributed by atoms with Crippen molar-refractivity contribution in [1.29, 1.82) is 0 Å². The Balaban J connectivity index is 1.91. The average Bonchev–Trinajstić information content (AvgIpc) is 3.19. The van der Waals surface area contributed by atoms with E-state index in [-0.39, 0.29) is 12.3 Å². The van der Waals surface area contributed by atoms with Crippen molar-refractivity contribution in [1.82, 2.24) is 15.2 Å². The van der Waals surface area contributed by atoms with E-state index in [9.17, 15) is 4.79 Å². The molecule has 1 aromatic carbocycles. The zero-order valence-corrected chi connectivity index (χ0v) is 16.4. The van der Waals surface area contributed by atoms with Crippen molar-refractivity contribution >= 4 is 28.4 Å². The summed E-state index contributed by atoms with van der Waals surface area (Å²) in [6, 6.07) is 0.843. The van der Waals surface area contributed by atoms with E-state index in [0.717, 1.165) is 4.90 Å². The Hall–Kier alpha value is -3.23. The topological polar surface area (TPSA) is 74.3 Å². The summed E-state index contributed by atoms with van der Waals surface area (Å²) in [6.45, 7) is 4.02. The molecule has 29 heavy (non-hydrogen) atoms. The molecule has 0 aliphatic carbocycles. The third kappa shape index (κ3) is 2.88. The zero-order valence-electron chi connectivity index (χ0n) is 16.4.